The lowest BCUT2D eigenvalue weighted by Gasteiger charge is -2.08. The molecule has 0 heterocycles. The van der Waals surface area contributed by atoms with E-state index in [4.69, 9.17) is 5.11 Å². The first-order valence-electron chi connectivity index (χ1n) is 5.31. The molecule has 0 saturated heterocycles. The predicted octanol–water partition coefficient (Wildman–Crippen LogP) is 2.46. The second kappa shape index (κ2) is 6.85. The fourth-order valence-electron chi connectivity index (χ4n) is 1.50. The molecule has 0 bridgehead atoms. The van der Waals surface area contributed by atoms with E-state index < -0.39 is 10.9 Å². The van der Waals surface area contributed by atoms with Crippen molar-refractivity contribution in [3.05, 3.63) is 33.9 Å². The van der Waals surface area contributed by atoms with Crippen molar-refractivity contribution in [2.45, 2.75) is 6.42 Å². The Morgan fingerprint density at radius 1 is 1.56 bits per heavy atom. The van der Waals surface area contributed by atoms with Crippen molar-refractivity contribution < 1.29 is 14.8 Å². The molecule has 0 unspecified atom stereocenters. The van der Waals surface area contributed by atoms with Gasteiger partial charge in [-0.25, -0.2) is 4.79 Å². The summed E-state index contributed by atoms with van der Waals surface area (Å²) in [5.74, 6) is -0.353. The maximum Gasteiger partial charge on any atom is 0.342 e. The minimum atomic E-state index is -1.30. The van der Waals surface area contributed by atoms with Gasteiger partial charge in [0.05, 0.1) is 4.92 Å². The molecule has 0 aliphatic carbocycles. The molecule has 0 aromatic heterocycles. The van der Waals surface area contributed by atoms with Crippen LogP contribution in [0.15, 0.2) is 18.2 Å². The lowest BCUT2D eigenvalue weighted by Crippen LogP contribution is -2.09. The Balaban J connectivity index is 2.93. The Bertz CT molecular complexity index is 451. The van der Waals surface area contributed by atoms with Crippen LogP contribution in [0, 0.1) is 10.1 Å². The molecule has 0 radical (unpaired) electrons. The minimum absolute atomic E-state index is 0.251. The lowest BCUT2D eigenvalue weighted by molar-refractivity contribution is -0.384. The maximum atomic E-state index is 10.9. The van der Waals surface area contributed by atoms with Crippen molar-refractivity contribution in [2.24, 2.45) is 0 Å². The molecule has 0 atom stereocenters. The Hall–Kier alpha value is -1.76. The van der Waals surface area contributed by atoms with Gasteiger partial charge < -0.3 is 10.4 Å². The molecule has 0 spiro atoms. The standard InChI is InChI=1S/C11H14N2O4S/c1-18-7-3-6-12-9-5-2-4-8(11(14)15)10(9)13(16)17/h2,4-5,12H,3,6-7H2,1H3,(H,14,15). The van der Waals surface area contributed by atoms with Crippen LogP contribution in [0.5, 0.6) is 0 Å². The number of benzene rings is 1. The van der Waals surface area contributed by atoms with E-state index in [2.05, 4.69) is 5.32 Å². The molecular weight excluding hydrogens is 256 g/mol. The fraction of sp³-hybridized carbons (Fsp3) is 0.364. The smallest absolute Gasteiger partial charge is 0.342 e. The van der Waals surface area contributed by atoms with Gasteiger partial charge in [-0.15, -0.1) is 0 Å². The van der Waals surface area contributed by atoms with Gasteiger partial charge in [0.25, 0.3) is 0 Å². The van der Waals surface area contributed by atoms with Crippen LogP contribution < -0.4 is 5.32 Å². The molecule has 1 rings (SSSR count). The molecule has 0 fully saturated rings. The maximum absolute atomic E-state index is 10.9. The van der Waals surface area contributed by atoms with Crippen molar-refractivity contribution in [2.75, 3.05) is 23.9 Å². The number of nitrogens with one attached hydrogen (secondary N) is 1. The third-order valence-corrected chi connectivity index (χ3v) is 2.99. The minimum Gasteiger partial charge on any atom is -0.477 e. The Morgan fingerprint density at radius 2 is 2.28 bits per heavy atom. The molecule has 98 valence electrons. The summed E-state index contributed by atoms with van der Waals surface area (Å²) < 4.78 is 0. The molecule has 0 aliphatic rings. The van der Waals surface area contributed by atoms with Crippen LogP contribution in [0.3, 0.4) is 0 Å². The zero-order chi connectivity index (χ0) is 13.5. The first-order valence-corrected chi connectivity index (χ1v) is 6.70. The molecule has 1 aromatic carbocycles. The summed E-state index contributed by atoms with van der Waals surface area (Å²) in [5, 5.41) is 22.8. The zero-order valence-corrected chi connectivity index (χ0v) is 10.7. The number of para-hydroxylation sites is 1. The molecule has 0 saturated carbocycles. The van der Waals surface area contributed by atoms with Crippen LogP contribution in [0.4, 0.5) is 11.4 Å². The number of aromatic carboxylic acids is 1. The Kier molecular flexibility index (Phi) is 5.44. The summed E-state index contributed by atoms with van der Waals surface area (Å²) in [5.41, 5.74) is -0.426. The van der Waals surface area contributed by atoms with Gasteiger partial charge in [-0.3, -0.25) is 10.1 Å². The van der Waals surface area contributed by atoms with Gasteiger partial charge in [0.1, 0.15) is 11.3 Å². The fourth-order valence-corrected chi connectivity index (χ4v) is 1.93. The monoisotopic (exact) mass is 270 g/mol. The third kappa shape index (κ3) is 3.63. The molecule has 2 N–H and O–H groups in total. The average molecular weight is 270 g/mol. The van der Waals surface area contributed by atoms with Gasteiger partial charge in [-0.1, -0.05) is 6.07 Å². The van der Waals surface area contributed by atoms with Crippen molar-refractivity contribution in [3.63, 3.8) is 0 Å². The first kappa shape index (κ1) is 14.3. The average Bonchev–Trinajstić information content (AvgIpc) is 2.33. The molecule has 7 heteroatoms. The molecule has 18 heavy (non-hydrogen) atoms. The van der Waals surface area contributed by atoms with E-state index in [0.29, 0.717) is 6.54 Å². The second-order valence-corrected chi connectivity index (χ2v) is 4.52. The number of anilines is 1. The summed E-state index contributed by atoms with van der Waals surface area (Å²) in [6, 6.07) is 4.24. The van der Waals surface area contributed by atoms with E-state index in [-0.39, 0.29) is 16.9 Å². The number of nitro benzene ring substituents is 1. The normalized spacial score (nSPS) is 10.1. The van der Waals surface area contributed by atoms with Gasteiger partial charge in [-0.2, -0.15) is 11.8 Å². The molecule has 1 aromatic rings. The second-order valence-electron chi connectivity index (χ2n) is 3.54. The van der Waals surface area contributed by atoms with E-state index in [1.165, 1.54) is 18.2 Å². The number of carboxylic acids is 1. The zero-order valence-electron chi connectivity index (χ0n) is 9.88. The van der Waals surface area contributed by atoms with Crippen molar-refractivity contribution in [3.8, 4) is 0 Å². The number of carboxylic acid groups (broad SMARTS) is 1. The molecule has 0 aliphatic heterocycles. The van der Waals surface area contributed by atoms with E-state index in [1.807, 2.05) is 6.26 Å². The SMILES string of the molecule is CSCCCNc1cccc(C(=O)O)c1[N+](=O)[O-]. The quantitative estimate of drug-likeness (QED) is 0.449. The first-order chi connectivity index (χ1) is 8.57. The number of hydrogen-bond donors (Lipinski definition) is 2. The molecular formula is C11H14N2O4S. The molecule has 0 amide bonds. The van der Waals surface area contributed by atoms with Crippen LogP contribution >= 0.6 is 11.8 Å². The highest BCUT2D eigenvalue weighted by molar-refractivity contribution is 7.98. The lowest BCUT2D eigenvalue weighted by atomic mass is 10.1. The van der Waals surface area contributed by atoms with Crippen molar-refractivity contribution in [1.82, 2.24) is 0 Å². The topological polar surface area (TPSA) is 92.5 Å². The van der Waals surface area contributed by atoms with Crippen LogP contribution in [0.2, 0.25) is 0 Å². The number of carbonyl (C=O) groups is 1. The highest BCUT2D eigenvalue weighted by Crippen LogP contribution is 2.28. The van der Waals surface area contributed by atoms with E-state index >= 15 is 0 Å². The number of nitrogens with zero attached hydrogens (tertiary/aromatic N) is 1. The summed E-state index contributed by atoms with van der Waals surface area (Å²) >= 11 is 1.69. The van der Waals surface area contributed by atoms with E-state index in [9.17, 15) is 14.9 Å². The Labute approximate surface area is 109 Å². The van der Waals surface area contributed by atoms with Gasteiger partial charge in [0.15, 0.2) is 0 Å². The number of hydrogen-bond acceptors (Lipinski definition) is 5. The van der Waals surface area contributed by atoms with E-state index in [1.54, 1.807) is 11.8 Å². The predicted molar refractivity (Wildman–Crippen MR) is 71.5 cm³/mol. The van der Waals surface area contributed by atoms with Crippen LogP contribution in [0.25, 0.3) is 0 Å². The van der Waals surface area contributed by atoms with Gasteiger partial charge in [-0.05, 0) is 30.6 Å². The van der Waals surface area contributed by atoms with Crippen LogP contribution in [-0.2, 0) is 0 Å². The van der Waals surface area contributed by atoms with Crippen LogP contribution in [0.1, 0.15) is 16.8 Å². The highest BCUT2D eigenvalue weighted by atomic mass is 32.2. The van der Waals surface area contributed by atoms with Crippen LogP contribution in [-0.4, -0.2) is 34.6 Å². The van der Waals surface area contributed by atoms with Crippen molar-refractivity contribution in [1.29, 1.82) is 0 Å². The number of thioether (sulfide) groups is 1. The van der Waals surface area contributed by atoms with Gasteiger partial charge in [0.2, 0.25) is 0 Å². The highest BCUT2D eigenvalue weighted by Gasteiger charge is 2.23. The summed E-state index contributed by atoms with van der Waals surface area (Å²) in [7, 11) is 0. The number of rotatable bonds is 7. The van der Waals surface area contributed by atoms with E-state index in [0.717, 1.165) is 12.2 Å². The number of nitro groups is 1. The largest absolute Gasteiger partial charge is 0.477 e. The summed E-state index contributed by atoms with van der Waals surface area (Å²) in [6.45, 7) is 0.574. The molecule has 6 nitrogen and oxygen atoms in total. The summed E-state index contributed by atoms with van der Waals surface area (Å²) in [4.78, 5) is 21.2. The van der Waals surface area contributed by atoms with Gasteiger partial charge >= 0.3 is 11.7 Å². The third-order valence-electron chi connectivity index (χ3n) is 2.29. The van der Waals surface area contributed by atoms with Gasteiger partial charge in [0, 0.05) is 6.54 Å². The summed E-state index contributed by atoms with van der Waals surface area (Å²) in [6.07, 6.45) is 2.84. The Morgan fingerprint density at radius 3 is 2.83 bits per heavy atom. The van der Waals surface area contributed by atoms with Crippen molar-refractivity contribution >= 4 is 29.1 Å².